The van der Waals surface area contributed by atoms with E-state index in [-0.39, 0.29) is 26.5 Å². The summed E-state index contributed by atoms with van der Waals surface area (Å²) in [4.78, 5) is 12.4. The van der Waals surface area contributed by atoms with Crippen LogP contribution in [0.2, 0.25) is 10.0 Å². The van der Waals surface area contributed by atoms with E-state index in [0.717, 1.165) is 31.2 Å². The fourth-order valence-electron chi connectivity index (χ4n) is 3.30. The number of rotatable bonds is 7. The molecule has 1 saturated carbocycles. The van der Waals surface area contributed by atoms with Crippen LogP contribution in [-0.2, 0) is 16.4 Å². The van der Waals surface area contributed by atoms with E-state index in [1.807, 2.05) is 30.3 Å². The van der Waals surface area contributed by atoms with Gasteiger partial charge in [-0.25, -0.2) is 13.1 Å². The van der Waals surface area contributed by atoms with Crippen molar-refractivity contribution in [3.8, 4) is 0 Å². The van der Waals surface area contributed by atoms with Crippen molar-refractivity contribution < 1.29 is 13.2 Å². The number of nitrogens with one attached hydrogen (secondary N) is 2. The fourth-order valence-corrected chi connectivity index (χ4v) is 5.46. The van der Waals surface area contributed by atoms with Crippen LogP contribution in [0.1, 0.15) is 41.6 Å². The average Bonchev–Trinajstić information content (AvgIpc) is 3.14. The number of hydrogen-bond acceptors (Lipinski definition) is 3. The first kappa shape index (κ1) is 21.1. The highest BCUT2D eigenvalue weighted by molar-refractivity contribution is 7.89. The van der Waals surface area contributed by atoms with Gasteiger partial charge in [0.1, 0.15) is 4.90 Å². The van der Waals surface area contributed by atoms with Gasteiger partial charge in [0.25, 0.3) is 5.91 Å². The van der Waals surface area contributed by atoms with E-state index in [0.29, 0.717) is 13.0 Å². The number of halogens is 2. The normalized spacial score (nSPS) is 14.9. The smallest absolute Gasteiger partial charge is 0.252 e. The average molecular weight is 441 g/mol. The minimum Gasteiger partial charge on any atom is -0.352 e. The van der Waals surface area contributed by atoms with Crippen LogP contribution in [0.3, 0.4) is 0 Å². The van der Waals surface area contributed by atoms with Gasteiger partial charge in [0.15, 0.2) is 0 Å². The van der Waals surface area contributed by atoms with E-state index in [1.54, 1.807) is 0 Å². The molecule has 2 N–H and O–H groups in total. The summed E-state index contributed by atoms with van der Waals surface area (Å²) in [6, 6.07) is 12.2. The van der Waals surface area contributed by atoms with E-state index in [2.05, 4.69) is 10.0 Å². The molecule has 1 aliphatic rings. The number of sulfonamides is 1. The first-order valence-corrected chi connectivity index (χ1v) is 11.4. The monoisotopic (exact) mass is 440 g/mol. The number of amides is 1. The van der Waals surface area contributed by atoms with Gasteiger partial charge in [0, 0.05) is 12.6 Å². The van der Waals surface area contributed by atoms with Crippen LogP contribution >= 0.6 is 23.2 Å². The molecule has 1 fully saturated rings. The molecule has 0 aliphatic heterocycles. The summed E-state index contributed by atoms with van der Waals surface area (Å²) in [6.45, 7) is 0.407. The van der Waals surface area contributed by atoms with Crippen LogP contribution in [0.25, 0.3) is 0 Å². The van der Waals surface area contributed by atoms with Gasteiger partial charge in [0.05, 0.1) is 15.6 Å². The fraction of sp³-hybridized carbons (Fsp3) is 0.350. The van der Waals surface area contributed by atoms with Crippen LogP contribution < -0.4 is 10.0 Å². The summed E-state index contributed by atoms with van der Waals surface area (Å²) < 4.78 is 28.1. The third kappa shape index (κ3) is 5.26. The van der Waals surface area contributed by atoms with Crippen molar-refractivity contribution in [2.24, 2.45) is 0 Å². The SMILES string of the molecule is O=C(NCCc1ccccc1)c1cc(S(=O)(=O)NC2CCCC2)c(Cl)cc1Cl. The first-order valence-electron chi connectivity index (χ1n) is 9.20. The number of carbonyl (C=O) groups excluding carboxylic acids is 1. The summed E-state index contributed by atoms with van der Waals surface area (Å²) in [5, 5.41) is 2.89. The molecule has 8 heteroatoms. The van der Waals surface area contributed by atoms with Crippen LogP contribution in [0.4, 0.5) is 0 Å². The molecular formula is C20H22Cl2N2O3S. The molecule has 0 unspecified atom stereocenters. The van der Waals surface area contributed by atoms with E-state index in [1.165, 1.54) is 12.1 Å². The topological polar surface area (TPSA) is 75.3 Å². The molecule has 5 nitrogen and oxygen atoms in total. The Bertz CT molecular complexity index is 943. The van der Waals surface area contributed by atoms with E-state index >= 15 is 0 Å². The molecule has 0 bridgehead atoms. The lowest BCUT2D eigenvalue weighted by atomic mass is 10.1. The minimum atomic E-state index is -3.83. The zero-order valence-corrected chi connectivity index (χ0v) is 17.6. The van der Waals surface area contributed by atoms with Crippen LogP contribution in [0, 0.1) is 0 Å². The predicted molar refractivity (Wildman–Crippen MR) is 112 cm³/mol. The van der Waals surface area contributed by atoms with Gasteiger partial charge in [-0.2, -0.15) is 0 Å². The molecule has 0 atom stereocenters. The third-order valence-electron chi connectivity index (χ3n) is 4.77. The Morgan fingerprint density at radius 3 is 2.39 bits per heavy atom. The molecule has 150 valence electrons. The second kappa shape index (κ2) is 9.27. The molecular weight excluding hydrogens is 419 g/mol. The summed E-state index contributed by atoms with van der Waals surface area (Å²) >= 11 is 12.3. The number of hydrogen-bond donors (Lipinski definition) is 2. The van der Waals surface area contributed by atoms with Gasteiger partial charge < -0.3 is 5.32 Å². The van der Waals surface area contributed by atoms with Gasteiger partial charge in [-0.05, 0) is 37.0 Å². The molecule has 0 spiro atoms. The maximum atomic E-state index is 12.7. The summed E-state index contributed by atoms with van der Waals surface area (Å²) in [6.07, 6.45) is 4.26. The van der Waals surface area contributed by atoms with Crippen molar-refractivity contribution >= 4 is 39.1 Å². The van der Waals surface area contributed by atoms with Crippen molar-refractivity contribution in [3.63, 3.8) is 0 Å². The highest BCUT2D eigenvalue weighted by Gasteiger charge is 2.26. The molecule has 0 heterocycles. The van der Waals surface area contributed by atoms with Gasteiger partial charge in [-0.1, -0.05) is 66.4 Å². The minimum absolute atomic E-state index is 0.00340. The zero-order valence-electron chi connectivity index (χ0n) is 15.3. The maximum Gasteiger partial charge on any atom is 0.252 e. The maximum absolute atomic E-state index is 12.7. The van der Waals surface area contributed by atoms with Gasteiger partial charge in [-0.15, -0.1) is 0 Å². The highest BCUT2D eigenvalue weighted by atomic mass is 35.5. The van der Waals surface area contributed by atoms with Gasteiger partial charge in [-0.3, -0.25) is 4.79 Å². The molecule has 1 amide bonds. The zero-order chi connectivity index (χ0) is 20.1. The molecule has 0 saturated heterocycles. The molecule has 2 aromatic carbocycles. The van der Waals surface area contributed by atoms with E-state index < -0.39 is 15.9 Å². The Hall–Kier alpha value is -1.60. The molecule has 0 radical (unpaired) electrons. The summed E-state index contributed by atoms with van der Waals surface area (Å²) in [5.41, 5.74) is 1.18. The van der Waals surface area contributed by atoms with Crippen molar-refractivity contribution in [3.05, 3.63) is 63.6 Å². The molecule has 3 rings (SSSR count). The van der Waals surface area contributed by atoms with Crippen molar-refractivity contribution in [2.75, 3.05) is 6.54 Å². The Balaban J connectivity index is 1.73. The van der Waals surface area contributed by atoms with Crippen LogP contribution in [0.15, 0.2) is 47.4 Å². The quantitative estimate of drug-likeness (QED) is 0.677. The molecule has 0 aromatic heterocycles. The van der Waals surface area contributed by atoms with Gasteiger partial charge in [0.2, 0.25) is 10.0 Å². The van der Waals surface area contributed by atoms with Crippen molar-refractivity contribution in [1.82, 2.24) is 10.0 Å². The Kier molecular flexibility index (Phi) is 6.99. The lowest BCUT2D eigenvalue weighted by Crippen LogP contribution is -2.33. The second-order valence-corrected chi connectivity index (χ2v) is 9.35. The third-order valence-corrected chi connectivity index (χ3v) is 7.07. The lowest BCUT2D eigenvalue weighted by Gasteiger charge is -2.15. The van der Waals surface area contributed by atoms with E-state index in [4.69, 9.17) is 23.2 Å². The van der Waals surface area contributed by atoms with Crippen molar-refractivity contribution in [2.45, 2.75) is 43.0 Å². The number of benzene rings is 2. The second-order valence-electron chi connectivity index (χ2n) is 6.86. The van der Waals surface area contributed by atoms with E-state index in [9.17, 15) is 13.2 Å². The predicted octanol–water partition coefficient (Wildman–Crippen LogP) is 4.19. The van der Waals surface area contributed by atoms with Gasteiger partial charge >= 0.3 is 0 Å². The molecule has 1 aliphatic carbocycles. The molecule has 28 heavy (non-hydrogen) atoms. The largest absolute Gasteiger partial charge is 0.352 e. The lowest BCUT2D eigenvalue weighted by molar-refractivity contribution is 0.0954. The standard InChI is InChI=1S/C20H22Cl2N2O3S/c21-17-13-18(22)19(28(26,27)24-15-8-4-5-9-15)12-16(17)20(25)23-11-10-14-6-2-1-3-7-14/h1-3,6-7,12-13,15,24H,4-5,8-11H2,(H,23,25). The van der Waals surface area contributed by atoms with Crippen LogP contribution in [0.5, 0.6) is 0 Å². The summed E-state index contributed by atoms with van der Waals surface area (Å²) in [5.74, 6) is -0.435. The Labute approximate surface area is 175 Å². The summed E-state index contributed by atoms with van der Waals surface area (Å²) in [7, 11) is -3.83. The number of carbonyl (C=O) groups is 1. The molecule has 2 aromatic rings. The Morgan fingerprint density at radius 2 is 1.71 bits per heavy atom. The van der Waals surface area contributed by atoms with Crippen LogP contribution in [-0.4, -0.2) is 26.9 Å². The highest BCUT2D eigenvalue weighted by Crippen LogP contribution is 2.30. The Morgan fingerprint density at radius 1 is 1.04 bits per heavy atom. The van der Waals surface area contributed by atoms with Crippen molar-refractivity contribution in [1.29, 1.82) is 0 Å². The first-order chi connectivity index (χ1) is 13.4.